The molecule has 7 nitrogen and oxygen atoms in total. The van der Waals surface area contributed by atoms with Crippen LogP contribution in [0.3, 0.4) is 0 Å². The van der Waals surface area contributed by atoms with Gasteiger partial charge in [-0.2, -0.15) is 5.10 Å². The molecule has 1 heterocycles. The van der Waals surface area contributed by atoms with Gasteiger partial charge < -0.3 is 15.2 Å². The molecule has 2 N–H and O–H groups in total. The number of hydrogen-bond donors (Lipinski definition) is 2. The van der Waals surface area contributed by atoms with E-state index in [9.17, 15) is 9.59 Å². The van der Waals surface area contributed by atoms with Gasteiger partial charge in [-0.3, -0.25) is 14.3 Å². The van der Waals surface area contributed by atoms with Gasteiger partial charge >= 0.3 is 5.97 Å². The van der Waals surface area contributed by atoms with Crippen LogP contribution in [0.2, 0.25) is 0 Å². The molecule has 0 bridgehead atoms. The molecule has 0 aromatic carbocycles. The number of carboxylic acids is 1. The standard InChI is InChI=1S/C14H23N3O4/c1-10-14(11(2)17(3)16-10)21-9-12(18)15-8-6-4-5-7-13(19)20/h4-9H2,1-3H3,(H,15,18)(H,19,20). The van der Waals surface area contributed by atoms with Crippen molar-refractivity contribution in [3.8, 4) is 5.75 Å². The van der Waals surface area contributed by atoms with Crippen LogP contribution < -0.4 is 10.1 Å². The zero-order valence-corrected chi connectivity index (χ0v) is 12.8. The number of aromatic nitrogens is 2. The Morgan fingerprint density at radius 3 is 2.57 bits per heavy atom. The molecule has 0 aliphatic heterocycles. The summed E-state index contributed by atoms with van der Waals surface area (Å²) < 4.78 is 7.20. The average Bonchev–Trinajstić information content (AvgIpc) is 2.65. The molecule has 1 amide bonds. The first-order valence-corrected chi connectivity index (χ1v) is 7.03. The number of amides is 1. The number of carbonyl (C=O) groups excluding carboxylic acids is 1. The topological polar surface area (TPSA) is 93.5 Å². The molecule has 0 aliphatic rings. The van der Waals surface area contributed by atoms with Gasteiger partial charge in [-0.05, 0) is 26.7 Å². The number of nitrogens with zero attached hydrogens (tertiary/aromatic N) is 2. The van der Waals surface area contributed by atoms with E-state index in [1.807, 2.05) is 20.9 Å². The number of aliphatic carboxylic acids is 1. The first-order valence-electron chi connectivity index (χ1n) is 7.03. The summed E-state index contributed by atoms with van der Waals surface area (Å²) in [6.45, 7) is 4.22. The summed E-state index contributed by atoms with van der Waals surface area (Å²) in [7, 11) is 1.83. The Kier molecular flexibility index (Phi) is 6.71. The lowest BCUT2D eigenvalue weighted by Crippen LogP contribution is -2.29. The maximum atomic E-state index is 11.6. The van der Waals surface area contributed by atoms with Crippen LogP contribution in [-0.4, -0.2) is 39.9 Å². The summed E-state index contributed by atoms with van der Waals surface area (Å²) in [6, 6.07) is 0. The second-order valence-corrected chi connectivity index (χ2v) is 4.97. The van der Waals surface area contributed by atoms with E-state index >= 15 is 0 Å². The zero-order valence-electron chi connectivity index (χ0n) is 12.8. The number of aryl methyl sites for hydroxylation is 2. The van der Waals surface area contributed by atoms with Gasteiger partial charge in [-0.1, -0.05) is 6.42 Å². The molecule has 0 aliphatic carbocycles. The Balaban J connectivity index is 2.18. The van der Waals surface area contributed by atoms with E-state index in [0.717, 1.165) is 24.2 Å². The predicted octanol–water partition coefficient (Wildman–Crippen LogP) is 1.18. The minimum atomic E-state index is -0.783. The van der Waals surface area contributed by atoms with Gasteiger partial charge in [0.2, 0.25) is 0 Å². The fourth-order valence-corrected chi connectivity index (χ4v) is 1.96. The van der Waals surface area contributed by atoms with Gasteiger partial charge in [0.1, 0.15) is 5.69 Å². The quantitative estimate of drug-likeness (QED) is 0.667. The van der Waals surface area contributed by atoms with E-state index in [1.54, 1.807) is 4.68 Å². The molecule has 21 heavy (non-hydrogen) atoms. The highest BCUT2D eigenvalue weighted by Crippen LogP contribution is 2.20. The van der Waals surface area contributed by atoms with E-state index in [-0.39, 0.29) is 18.9 Å². The number of hydrogen-bond acceptors (Lipinski definition) is 4. The Bertz CT molecular complexity index is 497. The smallest absolute Gasteiger partial charge is 0.303 e. The second-order valence-electron chi connectivity index (χ2n) is 4.97. The van der Waals surface area contributed by atoms with Crippen LogP contribution in [0.25, 0.3) is 0 Å². The molecule has 0 atom stereocenters. The highest BCUT2D eigenvalue weighted by Gasteiger charge is 2.12. The highest BCUT2D eigenvalue weighted by molar-refractivity contribution is 5.77. The normalized spacial score (nSPS) is 10.4. The molecular formula is C14H23N3O4. The summed E-state index contributed by atoms with van der Waals surface area (Å²) in [5, 5.41) is 15.4. The number of carbonyl (C=O) groups is 2. The Morgan fingerprint density at radius 2 is 2.00 bits per heavy atom. The molecule has 0 unspecified atom stereocenters. The zero-order chi connectivity index (χ0) is 15.8. The van der Waals surface area contributed by atoms with Gasteiger partial charge in [0, 0.05) is 20.0 Å². The van der Waals surface area contributed by atoms with E-state index in [2.05, 4.69) is 10.4 Å². The molecule has 7 heteroatoms. The maximum Gasteiger partial charge on any atom is 0.303 e. The van der Waals surface area contributed by atoms with E-state index in [1.165, 1.54) is 0 Å². The van der Waals surface area contributed by atoms with Crippen molar-refractivity contribution in [2.75, 3.05) is 13.2 Å². The largest absolute Gasteiger partial charge is 0.481 e. The number of nitrogens with one attached hydrogen (secondary N) is 1. The Hall–Kier alpha value is -2.05. The number of carboxylic acid groups (broad SMARTS) is 1. The molecule has 118 valence electrons. The van der Waals surface area contributed by atoms with Crippen LogP contribution >= 0.6 is 0 Å². The van der Waals surface area contributed by atoms with Crippen molar-refractivity contribution in [3.63, 3.8) is 0 Å². The van der Waals surface area contributed by atoms with Crippen molar-refractivity contribution in [2.45, 2.75) is 39.5 Å². The molecular weight excluding hydrogens is 274 g/mol. The summed E-state index contributed by atoms with van der Waals surface area (Å²) in [5.74, 6) is -0.320. The van der Waals surface area contributed by atoms with Crippen LogP contribution in [0, 0.1) is 13.8 Å². The van der Waals surface area contributed by atoms with Gasteiger partial charge in [0.15, 0.2) is 12.4 Å². The molecule has 1 rings (SSSR count). The van der Waals surface area contributed by atoms with Crippen LogP contribution in [0.4, 0.5) is 0 Å². The Labute approximate surface area is 124 Å². The van der Waals surface area contributed by atoms with E-state index in [0.29, 0.717) is 18.7 Å². The van der Waals surface area contributed by atoms with Gasteiger partial charge in [0.25, 0.3) is 5.91 Å². The van der Waals surface area contributed by atoms with Crippen molar-refractivity contribution < 1.29 is 19.4 Å². The SMILES string of the molecule is Cc1nn(C)c(C)c1OCC(=O)NCCCCCC(=O)O. The minimum absolute atomic E-state index is 0.0392. The third kappa shape index (κ3) is 5.85. The van der Waals surface area contributed by atoms with Crippen molar-refractivity contribution in [2.24, 2.45) is 7.05 Å². The summed E-state index contributed by atoms with van der Waals surface area (Å²) in [5.41, 5.74) is 1.64. The molecule has 0 saturated heterocycles. The summed E-state index contributed by atoms with van der Waals surface area (Å²) >= 11 is 0. The van der Waals surface area contributed by atoms with Gasteiger partial charge in [-0.25, -0.2) is 0 Å². The minimum Gasteiger partial charge on any atom is -0.481 e. The molecule has 0 saturated carbocycles. The summed E-state index contributed by atoms with van der Waals surface area (Å²) in [6.07, 6.45) is 2.37. The maximum absolute atomic E-state index is 11.6. The lowest BCUT2D eigenvalue weighted by atomic mass is 10.2. The van der Waals surface area contributed by atoms with Crippen molar-refractivity contribution in [3.05, 3.63) is 11.4 Å². The number of unbranched alkanes of at least 4 members (excludes halogenated alkanes) is 2. The highest BCUT2D eigenvalue weighted by atomic mass is 16.5. The molecule has 1 aromatic heterocycles. The van der Waals surface area contributed by atoms with Crippen LogP contribution in [0.5, 0.6) is 5.75 Å². The predicted molar refractivity (Wildman–Crippen MR) is 77.3 cm³/mol. The monoisotopic (exact) mass is 297 g/mol. The van der Waals surface area contributed by atoms with E-state index < -0.39 is 5.97 Å². The lowest BCUT2D eigenvalue weighted by Gasteiger charge is -2.07. The third-order valence-electron chi connectivity index (χ3n) is 3.18. The van der Waals surface area contributed by atoms with Crippen LogP contribution in [-0.2, 0) is 16.6 Å². The molecule has 0 radical (unpaired) electrons. The second kappa shape index (κ2) is 8.28. The van der Waals surface area contributed by atoms with Crippen molar-refractivity contribution >= 4 is 11.9 Å². The fourth-order valence-electron chi connectivity index (χ4n) is 1.96. The molecule has 1 aromatic rings. The van der Waals surface area contributed by atoms with E-state index in [4.69, 9.17) is 9.84 Å². The number of rotatable bonds is 9. The Morgan fingerprint density at radius 1 is 1.29 bits per heavy atom. The molecule has 0 spiro atoms. The third-order valence-corrected chi connectivity index (χ3v) is 3.18. The lowest BCUT2D eigenvalue weighted by molar-refractivity contribution is -0.137. The first kappa shape index (κ1) is 17.0. The van der Waals surface area contributed by atoms with Gasteiger partial charge in [-0.15, -0.1) is 0 Å². The average molecular weight is 297 g/mol. The first-order chi connectivity index (χ1) is 9.91. The number of ether oxygens (including phenoxy) is 1. The van der Waals surface area contributed by atoms with Gasteiger partial charge in [0.05, 0.1) is 5.69 Å². The van der Waals surface area contributed by atoms with Crippen molar-refractivity contribution in [1.82, 2.24) is 15.1 Å². The van der Waals surface area contributed by atoms with Crippen LogP contribution in [0.1, 0.15) is 37.1 Å². The van der Waals surface area contributed by atoms with Crippen LogP contribution in [0.15, 0.2) is 0 Å². The summed E-state index contributed by atoms with van der Waals surface area (Å²) in [4.78, 5) is 22.0. The molecule has 0 fully saturated rings. The fraction of sp³-hybridized carbons (Fsp3) is 0.643. The van der Waals surface area contributed by atoms with Crippen molar-refractivity contribution in [1.29, 1.82) is 0 Å².